The molecule has 29 heavy (non-hydrogen) atoms. The van der Waals surface area contributed by atoms with E-state index in [4.69, 9.17) is 4.74 Å². The van der Waals surface area contributed by atoms with Gasteiger partial charge in [-0.25, -0.2) is 0 Å². The number of ether oxygens (including phenoxy) is 1. The number of hydrogen-bond donors (Lipinski definition) is 1. The van der Waals surface area contributed by atoms with Crippen molar-refractivity contribution in [3.63, 3.8) is 0 Å². The van der Waals surface area contributed by atoms with Gasteiger partial charge in [-0.05, 0) is 80.5 Å². The molecule has 5 heteroatoms. The first kappa shape index (κ1) is 19.4. The largest absolute Gasteiger partial charge is 0.383 e. The number of hydrogen-bond acceptors (Lipinski definition) is 4. The van der Waals surface area contributed by atoms with E-state index in [2.05, 4.69) is 39.4 Å². The van der Waals surface area contributed by atoms with Gasteiger partial charge in [-0.3, -0.25) is 9.69 Å². The molecule has 5 nitrogen and oxygen atoms in total. The predicted octanol–water partition coefficient (Wildman–Crippen LogP) is 3.61. The molecule has 1 amide bonds. The lowest BCUT2D eigenvalue weighted by Gasteiger charge is -2.55. The van der Waals surface area contributed by atoms with Gasteiger partial charge >= 0.3 is 0 Å². The lowest BCUT2D eigenvalue weighted by atomic mass is 9.49. The molecular formula is C24H35N3O2. The maximum Gasteiger partial charge on any atom is 0.230 e. The number of rotatable bonds is 6. The molecule has 1 aromatic rings. The minimum Gasteiger partial charge on any atom is -0.383 e. The molecule has 4 aliphatic carbocycles. The molecule has 4 bridgehead atoms. The summed E-state index contributed by atoms with van der Waals surface area (Å²) in [5.41, 5.74) is 2.13. The molecule has 1 aromatic carbocycles. The third-order valence-electron chi connectivity index (χ3n) is 7.99. The number of anilines is 2. The summed E-state index contributed by atoms with van der Waals surface area (Å²) in [5.74, 6) is 2.70. The quantitative estimate of drug-likeness (QED) is 0.796. The SMILES string of the molecule is COCCN1CCN(c2ccc(NC(=O)C34CC5CC(CC(C5)C3)C4)cc2)CC1. The molecule has 0 spiro atoms. The lowest BCUT2D eigenvalue weighted by Crippen LogP contribution is -2.51. The van der Waals surface area contributed by atoms with Crippen LogP contribution in [0.3, 0.4) is 0 Å². The maximum atomic E-state index is 13.2. The van der Waals surface area contributed by atoms with Crippen molar-refractivity contribution in [2.45, 2.75) is 38.5 Å². The van der Waals surface area contributed by atoms with Crippen LogP contribution in [0.25, 0.3) is 0 Å². The van der Waals surface area contributed by atoms with E-state index in [-0.39, 0.29) is 11.3 Å². The van der Waals surface area contributed by atoms with Gasteiger partial charge in [-0.1, -0.05) is 0 Å². The van der Waals surface area contributed by atoms with E-state index in [0.717, 1.165) is 82.0 Å². The number of amides is 1. The Bertz CT molecular complexity index is 689. The van der Waals surface area contributed by atoms with Crippen LogP contribution in [0.5, 0.6) is 0 Å². The van der Waals surface area contributed by atoms with Crippen LogP contribution in [0.4, 0.5) is 11.4 Å². The zero-order valence-corrected chi connectivity index (χ0v) is 17.7. The fourth-order valence-electron chi connectivity index (χ4n) is 6.86. The first-order valence-corrected chi connectivity index (χ1v) is 11.5. The average Bonchev–Trinajstić information content (AvgIpc) is 2.72. The third kappa shape index (κ3) is 3.91. The number of carbonyl (C=O) groups is 1. The van der Waals surface area contributed by atoms with Crippen molar-refractivity contribution >= 4 is 17.3 Å². The van der Waals surface area contributed by atoms with Crippen molar-refractivity contribution in [2.24, 2.45) is 23.2 Å². The summed E-state index contributed by atoms with van der Waals surface area (Å²) in [6, 6.07) is 8.51. The molecule has 1 heterocycles. The summed E-state index contributed by atoms with van der Waals surface area (Å²) >= 11 is 0. The number of benzene rings is 1. The predicted molar refractivity (Wildman–Crippen MR) is 116 cm³/mol. The number of nitrogens with zero attached hydrogens (tertiary/aromatic N) is 2. The number of piperazine rings is 1. The summed E-state index contributed by atoms with van der Waals surface area (Å²) in [7, 11) is 1.76. The number of carbonyl (C=O) groups excluding carboxylic acids is 1. The van der Waals surface area contributed by atoms with Crippen LogP contribution < -0.4 is 10.2 Å². The Hall–Kier alpha value is -1.59. The normalized spacial score (nSPS) is 33.8. The van der Waals surface area contributed by atoms with Crippen molar-refractivity contribution in [1.82, 2.24) is 4.90 Å². The topological polar surface area (TPSA) is 44.8 Å². The van der Waals surface area contributed by atoms with E-state index in [0.29, 0.717) is 0 Å². The molecule has 0 atom stereocenters. The van der Waals surface area contributed by atoms with Crippen LogP contribution >= 0.6 is 0 Å². The van der Waals surface area contributed by atoms with Crippen LogP contribution in [0, 0.1) is 23.2 Å². The summed E-state index contributed by atoms with van der Waals surface area (Å²) in [5, 5.41) is 3.28. The standard InChI is InChI=1S/C24H35N3O2/c1-29-11-10-26-6-8-27(9-7-26)22-4-2-21(3-5-22)25-23(28)24-15-18-12-19(16-24)14-20(13-18)17-24/h2-5,18-20H,6-17H2,1H3,(H,25,28). The summed E-state index contributed by atoms with van der Waals surface area (Å²) < 4.78 is 5.19. The molecule has 5 aliphatic rings. The molecule has 0 unspecified atom stereocenters. The molecule has 1 saturated heterocycles. The maximum absolute atomic E-state index is 13.2. The second-order valence-corrected chi connectivity index (χ2v) is 10.0. The zero-order valence-electron chi connectivity index (χ0n) is 17.7. The van der Waals surface area contributed by atoms with Crippen molar-refractivity contribution in [3.05, 3.63) is 24.3 Å². The fourth-order valence-corrected chi connectivity index (χ4v) is 6.86. The Kier molecular flexibility index (Phi) is 5.29. The lowest BCUT2D eigenvalue weighted by molar-refractivity contribution is -0.140. The van der Waals surface area contributed by atoms with E-state index in [1.807, 2.05) is 0 Å². The van der Waals surface area contributed by atoms with E-state index >= 15 is 0 Å². The highest BCUT2D eigenvalue weighted by molar-refractivity contribution is 5.95. The second-order valence-electron chi connectivity index (χ2n) is 10.0. The highest BCUT2D eigenvalue weighted by atomic mass is 16.5. The Morgan fingerprint density at radius 2 is 1.59 bits per heavy atom. The Morgan fingerprint density at radius 1 is 1.00 bits per heavy atom. The molecule has 1 N–H and O–H groups in total. The van der Waals surface area contributed by atoms with Gasteiger partial charge in [-0.15, -0.1) is 0 Å². The Labute approximate surface area is 174 Å². The van der Waals surface area contributed by atoms with Crippen LogP contribution in [0.2, 0.25) is 0 Å². The molecule has 6 rings (SSSR count). The van der Waals surface area contributed by atoms with Gasteiger partial charge in [0, 0.05) is 51.2 Å². The van der Waals surface area contributed by atoms with Gasteiger partial charge in [0.05, 0.1) is 12.0 Å². The van der Waals surface area contributed by atoms with Crippen LogP contribution in [0.1, 0.15) is 38.5 Å². The molecule has 4 saturated carbocycles. The molecule has 1 aliphatic heterocycles. The van der Waals surface area contributed by atoms with Gasteiger partial charge in [0.2, 0.25) is 5.91 Å². The highest BCUT2D eigenvalue weighted by Gasteiger charge is 2.54. The summed E-state index contributed by atoms with van der Waals surface area (Å²) in [6.07, 6.45) is 7.49. The van der Waals surface area contributed by atoms with Gasteiger partial charge in [0.25, 0.3) is 0 Å². The van der Waals surface area contributed by atoms with Crippen molar-refractivity contribution in [1.29, 1.82) is 0 Å². The van der Waals surface area contributed by atoms with E-state index in [1.165, 1.54) is 24.9 Å². The summed E-state index contributed by atoms with van der Waals surface area (Å²) in [6.45, 7) is 6.06. The van der Waals surface area contributed by atoms with Crippen molar-refractivity contribution in [3.8, 4) is 0 Å². The van der Waals surface area contributed by atoms with Gasteiger partial charge in [-0.2, -0.15) is 0 Å². The molecule has 5 fully saturated rings. The van der Waals surface area contributed by atoms with Gasteiger partial charge in [0.15, 0.2) is 0 Å². The molecule has 0 radical (unpaired) electrons. The molecule has 0 aromatic heterocycles. The number of nitrogens with one attached hydrogen (secondary N) is 1. The van der Waals surface area contributed by atoms with E-state index < -0.39 is 0 Å². The van der Waals surface area contributed by atoms with E-state index in [9.17, 15) is 4.79 Å². The fraction of sp³-hybridized carbons (Fsp3) is 0.708. The second kappa shape index (κ2) is 7.92. The number of methoxy groups -OCH3 is 1. The van der Waals surface area contributed by atoms with Crippen LogP contribution in [-0.2, 0) is 9.53 Å². The molecular weight excluding hydrogens is 362 g/mol. The van der Waals surface area contributed by atoms with E-state index in [1.54, 1.807) is 7.11 Å². The van der Waals surface area contributed by atoms with Gasteiger partial charge in [0.1, 0.15) is 0 Å². The van der Waals surface area contributed by atoms with Crippen molar-refractivity contribution < 1.29 is 9.53 Å². The third-order valence-corrected chi connectivity index (χ3v) is 7.99. The minimum atomic E-state index is -0.0774. The summed E-state index contributed by atoms with van der Waals surface area (Å²) in [4.78, 5) is 18.1. The zero-order chi connectivity index (χ0) is 19.8. The van der Waals surface area contributed by atoms with Crippen LogP contribution in [0.15, 0.2) is 24.3 Å². The first-order valence-electron chi connectivity index (χ1n) is 11.5. The highest BCUT2D eigenvalue weighted by Crippen LogP contribution is 2.60. The van der Waals surface area contributed by atoms with Gasteiger partial charge < -0.3 is 15.0 Å². The minimum absolute atomic E-state index is 0.0774. The van der Waals surface area contributed by atoms with Crippen LogP contribution in [-0.4, -0.2) is 57.2 Å². The Morgan fingerprint density at radius 3 is 2.14 bits per heavy atom. The monoisotopic (exact) mass is 397 g/mol. The van der Waals surface area contributed by atoms with Crippen molar-refractivity contribution in [2.75, 3.05) is 56.7 Å². The smallest absolute Gasteiger partial charge is 0.230 e. The molecule has 158 valence electrons. The Balaban J connectivity index is 1.18. The first-order chi connectivity index (χ1) is 14.1. The average molecular weight is 398 g/mol.